The third-order valence-corrected chi connectivity index (χ3v) is 3.05. The molecule has 0 aromatic rings. The summed E-state index contributed by atoms with van der Waals surface area (Å²) in [6.07, 6.45) is 12.8. The average molecular weight is 171 g/mol. The average Bonchev–Trinajstić information content (AvgIpc) is 2.56. The first-order chi connectivity index (χ1) is 6.45. The highest BCUT2D eigenvalue weighted by atomic mass is 14.8. The molecule has 1 nitrogen and oxygen atoms in total. The molecule has 0 unspecified atom stereocenters. The van der Waals surface area contributed by atoms with E-state index < -0.39 is 0 Å². The number of hydrogen-bond acceptors (Lipinski definition) is 1. The van der Waals surface area contributed by atoms with E-state index >= 15 is 0 Å². The largest absolute Gasteiger partial charge is 0.253 e. The molecule has 0 aromatic carbocycles. The molecule has 66 valence electrons. The molecule has 0 saturated heterocycles. The molecule has 3 aliphatic rings. The Hall–Kier alpha value is -1.11. The second-order valence-corrected chi connectivity index (χ2v) is 3.88. The van der Waals surface area contributed by atoms with Crippen molar-refractivity contribution in [2.24, 2.45) is 4.99 Å². The van der Waals surface area contributed by atoms with Gasteiger partial charge in [0, 0.05) is 12.1 Å². The molecule has 0 saturated carbocycles. The van der Waals surface area contributed by atoms with Crippen molar-refractivity contribution in [1.82, 2.24) is 0 Å². The molecule has 0 spiro atoms. The maximum absolute atomic E-state index is 4.68. The van der Waals surface area contributed by atoms with Crippen molar-refractivity contribution in [2.75, 3.05) is 0 Å². The van der Waals surface area contributed by atoms with Crippen LogP contribution in [0.15, 0.2) is 40.1 Å². The Bertz CT molecular complexity index is 367. The first kappa shape index (κ1) is 7.31. The van der Waals surface area contributed by atoms with Gasteiger partial charge in [0.1, 0.15) is 0 Å². The molecule has 1 heteroatoms. The molecule has 0 N–H and O–H groups in total. The Labute approximate surface area is 78.6 Å². The molecule has 3 rings (SSSR count). The van der Waals surface area contributed by atoms with E-state index in [-0.39, 0.29) is 0 Å². The quantitative estimate of drug-likeness (QED) is 0.496. The van der Waals surface area contributed by atoms with Crippen LogP contribution in [0.4, 0.5) is 0 Å². The van der Waals surface area contributed by atoms with Gasteiger partial charge in [0.15, 0.2) is 0 Å². The number of rotatable bonds is 0. The number of nitrogens with zero attached hydrogens (tertiary/aromatic N) is 1. The summed E-state index contributed by atoms with van der Waals surface area (Å²) >= 11 is 0. The Morgan fingerprint density at radius 1 is 1.08 bits per heavy atom. The van der Waals surface area contributed by atoms with E-state index in [2.05, 4.69) is 23.2 Å². The van der Waals surface area contributed by atoms with Gasteiger partial charge in [-0.15, -0.1) is 0 Å². The van der Waals surface area contributed by atoms with E-state index in [1.54, 1.807) is 5.57 Å². The second-order valence-electron chi connectivity index (χ2n) is 3.88. The number of aliphatic imine (C=N–C) groups is 1. The van der Waals surface area contributed by atoms with Gasteiger partial charge < -0.3 is 0 Å². The maximum atomic E-state index is 4.68. The van der Waals surface area contributed by atoms with Crippen molar-refractivity contribution in [2.45, 2.75) is 32.1 Å². The zero-order valence-electron chi connectivity index (χ0n) is 7.71. The standard InChI is InChI=1S/C12H13N/c1-3-7-11-9(5-1)10-6-2-4-8-12(10)13-11/h1,3,8H,2,4-7H2. The number of allylic oxidation sites excluding steroid dienone is 5. The Balaban J connectivity index is 2.12. The molecule has 0 fully saturated rings. The fourth-order valence-electron chi connectivity index (χ4n) is 2.38. The van der Waals surface area contributed by atoms with Crippen LogP contribution in [-0.2, 0) is 0 Å². The van der Waals surface area contributed by atoms with E-state index in [1.165, 1.54) is 36.2 Å². The third-order valence-electron chi connectivity index (χ3n) is 3.05. The predicted octanol–water partition coefficient (Wildman–Crippen LogP) is 3.16. The van der Waals surface area contributed by atoms with Crippen molar-refractivity contribution in [3.63, 3.8) is 0 Å². The monoisotopic (exact) mass is 171 g/mol. The van der Waals surface area contributed by atoms with Gasteiger partial charge in [0.25, 0.3) is 0 Å². The molecule has 0 radical (unpaired) electrons. The minimum Gasteiger partial charge on any atom is -0.253 e. The Morgan fingerprint density at radius 3 is 3.00 bits per heavy atom. The molecular formula is C12H13N. The summed E-state index contributed by atoms with van der Waals surface area (Å²) < 4.78 is 0. The second kappa shape index (κ2) is 2.69. The fraction of sp³-hybridized carbons (Fsp3) is 0.417. The van der Waals surface area contributed by atoms with Crippen LogP contribution < -0.4 is 0 Å². The lowest BCUT2D eigenvalue weighted by molar-refractivity contribution is 0.796. The molecule has 13 heavy (non-hydrogen) atoms. The van der Waals surface area contributed by atoms with Crippen molar-refractivity contribution < 1.29 is 0 Å². The van der Waals surface area contributed by atoms with Gasteiger partial charge in [-0.25, -0.2) is 0 Å². The normalized spacial score (nSPS) is 25.2. The molecule has 0 bridgehead atoms. The van der Waals surface area contributed by atoms with Gasteiger partial charge in [-0.05, 0) is 36.8 Å². The van der Waals surface area contributed by atoms with Gasteiger partial charge in [0.05, 0.1) is 5.70 Å². The van der Waals surface area contributed by atoms with E-state index in [0.717, 1.165) is 12.8 Å². The zero-order valence-corrected chi connectivity index (χ0v) is 7.71. The Morgan fingerprint density at radius 2 is 2.00 bits per heavy atom. The van der Waals surface area contributed by atoms with Gasteiger partial charge >= 0.3 is 0 Å². The van der Waals surface area contributed by atoms with Crippen molar-refractivity contribution >= 4 is 5.71 Å². The van der Waals surface area contributed by atoms with Crippen LogP contribution in [0.2, 0.25) is 0 Å². The minimum absolute atomic E-state index is 1.05. The summed E-state index contributed by atoms with van der Waals surface area (Å²) in [5.41, 5.74) is 5.71. The molecule has 0 atom stereocenters. The van der Waals surface area contributed by atoms with Gasteiger partial charge in [-0.3, -0.25) is 4.99 Å². The van der Waals surface area contributed by atoms with Gasteiger partial charge in [-0.2, -0.15) is 0 Å². The summed E-state index contributed by atoms with van der Waals surface area (Å²) in [5, 5.41) is 0. The molecule has 1 heterocycles. The SMILES string of the molecule is C1=CCC2=C3CCCC=C3N=C2C1. The van der Waals surface area contributed by atoms with Gasteiger partial charge in [-0.1, -0.05) is 18.2 Å². The molecular weight excluding hydrogens is 158 g/mol. The summed E-state index contributed by atoms with van der Waals surface area (Å²) in [5.74, 6) is 0. The lowest BCUT2D eigenvalue weighted by atomic mass is 9.90. The molecule has 0 aromatic heterocycles. The maximum Gasteiger partial charge on any atom is 0.0628 e. The third kappa shape index (κ3) is 1.03. The lowest BCUT2D eigenvalue weighted by Gasteiger charge is -2.12. The van der Waals surface area contributed by atoms with Crippen molar-refractivity contribution in [1.29, 1.82) is 0 Å². The summed E-state index contributed by atoms with van der Waals surface area (Å²) in [4.78, 5) is 4.68. The smallest absolute Gasteiger partial charge is 0.0628 e. The lowest BCUT2D eigenvalue weighted by Crippen LogP contribution is -2.03. The summed E-state index contributed by atoms with van der Waals surface area (Å²) in [7, 11) is 0. The molecule has 0 amide bonds. The van der Waals surface area contributed by atoms with Crippen LogP contribution in [-0.4, -0.2) is 5.71 Å². The van der Waals surface area contributed by atoms with E-state index in [4.69, 9.17) is 0 Å². The first-order valence-corrected chi connectivity index (χ1v) is 5.10. The minimum atomic E-state index is 1.05. The van der Waals surface area contributed by atoms with E-state index in [1.807, 2.05) is 0 Å². The van der Waals surface area contributed by atoms with Crippen LogP contribution in [0.25, 0.3) is 0 Å². The van der Waals surface area contributed by atoms with E-state index in [9.17, 15) is 0 Å². The summed E-state index contributed by atoms with van der Waals surface area (Å²) in [6.45, 7) is 0. The van der Waals surface area contributed by atoms with Crippen LogP contribution in [0.5, 0.6) is 0 Å². The zero-order chi connectivity index (χ0) is 8.67. The van der Waals surface area contributed by atoms with Gasteiger partial charge in [0.2, 0.25) is 0 Å². The topological polar surface area (TPSA) is 12.4 Å². The highest BCUT2D eigenvalue weighted by Crippen LogP contribution is 2.37. The highest BCUT2D eigenvalue weighted by molar-refractivity contribution is 6.06. The van der Waals surface area contributed by atoms with Crippen LogP contribution in [0.1, 0.15) is 32.1 Å². The molecule has 2 aliphatic carbocycles. The number of fused-ring (bicyclic) bond motifs is 2. The predicted molar refractivity (Wildman–Crippen MR) is 54.8 cm³/mol. The van der Waals surface area contributed by atoms with Crippen molar-refractivity contribution in [3.05, 3.63) is 35.1 Å². The van der Waals surface area contributed by atoms with Crippen LogP contribution in [0, 0.1) is 0 Å². The van der Waals surface area contributed by atoms with Crippen LogP contribution in [0.3, 0.4) is 0 Å². The fourth-order valence-corrected chi connectivity index (χ4v) is 2.38. The first-order valence-electron chi connectivity index (χ1n) is 5.10. The highest BCUT2D eigenvalue weighted by Gasteiger charge is 2.24. The number of hydrogen-bond donors (Lipinski definition) is 0. The van der Waals surface area contributed by atoms with Crippen molar-refractivity contribution in [3.8, 4) is 0 Å². The molecule has 1 aliphatic heterocycles. The summed E-state index contributed by atoms with van der Waals surface area (Å²) in [6, 6.07) is 0. The van der Waals surface area contributed by atoms with E-state index in [0.29, 0.717) is 0 Å². The van der Waals surface area contributed by atoms with Crippen LogP contribution >= 0.6 is 0 Å². The Kier molecular flexibility index (Phi) is 1.51.